The van der Waals surface area contributed by atoms with Crippen LogP contribution in [0.4, 0.5) is 0 Å². The van der Waals surface area contributed by atoms with Crippen LogP contribution >= 0.6 is 0 Å². The molecule has 1 fully saturated rings. The number of para-hydroxylation sites is 1. The summed E-state index contributed by atoms with van der Waals surface area (Å²) >= 11 is 0. The fraction of sp³-hybridized carbons (Fsp3) is 0.545. The Bertz CT molecular complexity index is 826. The first-order valence-corrected chi connectivity index (χ1v) is 10.7. The third kappa shape index (κ3) is 4.79. The number of piperazine rings is 1. The number of nitrogens with zero attached hydrogens (tertiary/aromatic N) is 4. The van der Waals surface area contributed by atoms with Gasteiger partial charge in [-0.05, 0) is 38.1 Å². The molecule has 156 valence electrons. The van der Waals surface area contributed by atoms with Crippen molar-refractivity contribution in [1.29, 1.82) is 0 Å². The molecule has 4 rings (SSSR count). The molecule has 7 heteroatoms. The van der Waals surface area contributed by atoms with E-state index in [2.05, 4.69) is 27.1 Å². The summed E-state index contributed by atoms with van der Waals surface area (Å²) in [4.78, 5) is 17.5. The summed E-state index contributed by atoms with van der Waals surface area (Å²) in [5.74, 6) is 0.855. The predicted molar refractivity (Wildman–Crippen MR) is 113 cm³/mol. The van der Waals surface area contributed by atoms with Gasteiger partial charge >= 0.3 is 0 Å². The van der Waals surface area contributed by atoms with Crippen molar-refractivity contribution in [2.24, 2.45) is 0 Å². The van der Waals surface area contributed by atoms with Crippen molar-refractivity contribution in [2.45, 2.75) is 32.9 Å². The number of carbonyl (C=O) groups is 1. The van der Waals surface area contributed by atoms with Crippen molar-refractivity contribution < 1.29 is 9.53 Å². The molecule has 2 aliphatic rings. The second-order valence-corrected chi connectivity index (χ2v) is 7.85. The first-order chi connectivity index (χ1) is 14.2. The predicted octanol–water partition coefficient (Wildman–Crippen LogP) is 1.98. The Kier molecular flexibility index (Phi) is 6.46. The molecule has 0 saturated carbocycles. The van der Waals surface area contributed by atoms with E-state index in [4.69, 9.17) is 4.74 Å². The van der Waals surface area contributed by atoms with Gasteiger partial charge in [0.2, 0.25) is 5.91 Å². The number of benzene rings is 1. The van der Waals surface area contributed by atoms with Gasteiger partial charge in [-0.2, -0.15) is 5.10 Å². The highest BCUT2D eigenvalue weighted by Crippen LogP contribution is 2.36. The summed E-state index contributed by atoms with van der Waals surface area (Å²) in [6, 6.07) is 7.92. The zero-order valence-electron chi connectivity index (χ0n) is 17.3. The van der Waals surface area contributed by atoms with Crippen LogP contribution in [0.2, 0.25) is 0 Å². The monoisotopic (exact) mass is 397 g/mol. The summed E-state index contributed by atoms with van der Waals surface area (Å²) in [7, 11) is 0. The van der Waals surface area contributed by atoms with Gasteiger partial charge in [0.05, 0.1) is 11.9 Å². The molecule has 2 aliphatic heterocycles. The normalized spacial score (nSPS) is 16.7. The lowest BCUT2D eigenvalue weighted by atomic mass is 10.0. The largest absolute Gasteiger partial charge is 0.488 e. The summed E-state index contributed by atoms with van der Waals surface area (Å²) in [5, 5.41) is 7.48. The summed E-state index contributed by atoms with van der Waals surface area (Å²) in [6.45, 7) is 10.5. The molecule has 1 N–H and O–H groups in total. The summed E-state index contributed by atoms with van der Waals surface area (Å²) < 4.78 is 7.55. The number of hydrogen-bond acceptors (Lipinski definition) is 5. The topological polar surface area (TPSA) is 62.6 Å². The molecular weight excluding hydrogens is 366 g/mol. The fourth-order valence-corrected chi connectivity index (χ4v) is 4.18. The van der Waals surface area contributed by atoms with Gasteiger partial charge in [0.1, 0.15) is 18.9 Å². The lowest BCUT2D eigenvalue weighted by Gasteiger charge is -2.34. The van der Waals surface area contributed by atoms with Crippen LogP contribution in [0.25, 0.3) is 11.3 Å². The standard InChI is InChI=1S/C22H31N5O2/c1-2-9-25-11-13-26(14-12-25)10-5-8-23-21(28)16-27-22-18(15-24-27)17-29-20-7-4-3-6-19(20)22/h3-4,6-7,15H,2,5,8-14,16-17H2,1H3,(H,23,28). The average Bonchev–Trinajstić information content (AvgIpc) is 3.16. The van der Waals surface area contributed by atoms with E-state index >= 15 is 0 Å². The van der Waals surface area contributed by atoms with Crippen LogP contribution in [-0.4, -0.2) is 71.3 Å². The van der Waals surface area contributed by atoms with E-state index in [-0.39, 0.29) is 12.5 Å². The van der Waals surface area contributed by atoms with Gasteiger partial charge in [0.25, 0.3) is 0 Å². The highest BCUT2D eigenvalue weighted by atomic mass is 16.5. The molecule has 0 atom stereocenters. The molecule has 29 heavy (non-hydrogen) atoms. The van der Waals surface area contributed by atoms with Gasteiger partial charge < -0.3 is 19.9 Å². The van der Waals surface area contributed by atoms with E-state index in [1.807, 2.05) is 24.3 Å². The van der Waals surface area contributed by atoms with Crippen LogP contribution in [0.3, 0.4) is 0 Å². The van der Waals surface area contributed by atoms with Gasteiger partial charge in [-0.15, -0.1) is 0 Å². The highest BCUT2D eigenvalue weighted by Gasteiger charge is 2.22. The number of aromatic nitrogens is 2. The van der Waals surface area contributed by atoms with Gasteiger partial charge in [0, 0.05) is 43.9 Å². The highest BCUT2D eigenvalue weighted by molar-refractivity contribution is 5.78. The number of fused-ring (bicyclic) bond motifs is 3. The van der Waals surface area contributed by atoms with E-state index in [0.29, 0.717) is 13.2 Å². The number of carbonyl (C=O) groups excluding carboxylic acids is 1. The van der Waals surface area contributed by atoms with E-state index in [1.165, 1.54) is 13.0 Å². The second-order valence-electron chi connectivity index (χ2n) is 7.85. The minimum Gasteiger partial charge on any atom is -0.488 e. The molecule has 3 heterocycles. The summed E-state index contributed by atoms with van der Waals surface area (Å²) in [6.07, 6.45) is 4.01. The quantitative estimate of drug-likeness (QED) is 0.690. The van der Waals surface area contributed by atoms with Crippen LogP contribution in [0.1, 0.15) is 25.3 Å². The lowest BCUT2D eigenvalue weighted by Crippen LogP contribution is -2.47. The zero-order valence-corrected chi connectivity index (χ0v) is 17.3. The van der Waals surface area contributed by atoms with Crippen molar-refractivity contribution in [2.75, 3.05) is 45.8 Å². The number of rotatable bonds is 8. The van der Waals surface area contributed by atoms with Crippen LogP contribution < -0.4 is 10.1 Å². The van der Waals surface area contributed by atoms with Crippen molar-refractivity contribution in [3.05, 3.63) is 36.0 Å². The Morgan fingerprint density at radius 2 is 1.90 bits per heavy atom. The maximum atomic E-state index is 12.5. The molecule has 7 nitrogen and oxygen atoms in total. The third-order valence-corrected chi connectivity index (χ3v) is 5.71. The van der Waals surface area contributed by atoms with Crippen LogP contribution in [-0.2, 0) is 17.9 Å². The third-order valence-electron chi connectivity index (χ3n) is 5.71. The average molecular weight is 398 g/mol. The number of amides is 1. The van der Waals surface area contributed by atoms with Crippen LogP contribution in [0.5, 0.6) is 5.75 Å². The smallest absolute Gasteiger partial charge is 0.241 e. The number of nitrogens with one attached hydrogen (secondary N) is 1. The molecule has 0 unspecified atom stereocenters. The van der Waals surface area contributed by atoms with Crippen LogP contribution in [0, 0.1) is 0 Å². The Morgan fingerprint density at radius 1 is 1.14 bits per heavy atom. The van der Waals surface area contributed by atoms with Crippen molar-refractivity contribution in [3.63, 3.8) is 0 Å². The molecule has 0 aliphatic carbocycles. The van der Waals surface area contributed by atoms with E-state index < -0.39 is 0 Å². The molecule has 2 aromatic rings. The number of ether oxygens (including phenoxy) is 1. The Labute approximate surface area is 172 Å². The van der Waals surface area contributed by atoms with E-state index in [1.54, 1.807) is 10.9 Å². The summed E-state index contributed by atoms with van der Waals surface area (Å²) in [5.41, 5.74) is 3.02. The molecule has 0 spiro atoms. The molecule has 1 amide bonds. The first-order valence-electron chi connectivity index (χ1n) is 10.7. The van der Waals surface area contributed by atoms with Crippen LogP contribution in [0.15, 0.2) is 30.5 Å². The Balaban J connectivity index is 1.22. The first kappa shape index (κ1) is 19.9. The van der Waals surface area contributed by atoms with E-state index in [9.17, 15) is 4.79 Å². The number of hydrogen-bond donors (Lipinski definition) is 1. The fourth-order valence-electron chi connectivity index (χ4n) is 4.18. The molecule has 1 saturated heterocycles. The second kappa shape index (κ2) is 9.41. The molecular formula is C22H31N5O2. The SMILES string of the molecule is CCCN1CCN(CCCNC(=O)Cn2ncc3c2-c2ccccc2OC3)CC1. The lowest BCUT2D eigenvalue weighted by molar-refractivity contribution is -0.121. The molecule has 0 bridgehead atoms. The van der Waals surface area contributed by atoms with Gasteiger partial charge in [-0.3, -0.25) is 9.48 Å². The zero-order chi connectivity index (χ0) is 20.1. The van der Waals surface area contributed by atoms with Crippen molar-refractivity contribution >= 4 is 5.91 Å². The van der Waals surface area contributed by atoms with Gasteiger partial charge in [0.15, 0.2) is 0 Å². The molecule has 1 aromatic carbocycles. The van der Waals surface area contributed by atoms with Gasteiger partial charge in [-0.1, -0.05) is 19.1 Å². The van der Waals surface area contributed by atoms with Crippen molar-refractivity contribution in [3.8, 4) is 17.0 Å². The van der Waals surface area contributed by atoms with Crippen molar-refractivity contribution in [1.82, 2.24) is 24.9 Å². The maximum Gasteiger partial charge on any atom is 0.241 e. The Hall–Kier alpha value is -2.38. The molecule has 1 aromatic heterocycles. The van der Waals surface area contributed by atoms with Gasteiger partial charge in [-0.25, -0.2) is 0 Å². The minimum atomic E-state index is 0.00707. The molecule has 0 radical (unpaired) electrons. The van der Waals surface area contributed by atoms with E-state index in [0.717, 1.165) is 61.7 Å². The maximum absolute atomic E-state index is 12.5. The Morgan fingerprint density at radius 3 is 2.69 bits per heavy atom. The minimum absolute atomic E-state index is 0.00707.